The summed E-state index contributed by atoms with van der Waals surface area (Å²) in [7, 11) is 0. The molecule has 1 aromatic carbocycles. The first-order valence-corrected chi connectivity index (χ1v) is 3.77. The van der Waals surface area contributed by atoms with Crippen LogP contribution in [-0.2, 0) is 0 Å². The van der Waals surface area contributed by atoms with Crippen molar-refractivity contribution in [3.63, 3.8) is 0 Å². The minimum absolute atomic E-state index is 0.637. The lowest BCUT2D eigenvalue weighted by atomic mass is 10.2. The Morgan fingerprint density at radius 2 is 0.938 bits per heavy atom. The second-order valence-electron chi connectivity index (χ2n) is 2.57. The molecule has 0 atom stereocenters. The third-order valence-electron chi connectivity index (χ3n) is 1.81. The molecule has 0 radical (unpaired) electrons. The zero-order valence-electron chi connectivity index (χ0n) is 7.47. The first-order chi connectivity index (χ1) is 7.73. The van der Waals surface area contributed by atoms with Crippen LogP contribution in [0.3, 0.4) is 0 Å². The average Bonchev–Trinajstić information content (AvgIpc) is 2.35. The van der Waals surface area contributed by atoms with Gasteiger partial charge in [-0.2, -0.15) is 0 Å². The molecule has 0 fully saturated rings. The van der Waals surface area contributed by atoms with Gasteiger partial charge in [-0.3, -0.25) is 0 Å². The topological polar surface area (TPSA) is 60.1 Å². The number of hydrogen-bond donors (Lipinski definition) is 5. The fourth-order valence-corrected chi connectivity index (χ4v) is 1.12. The van der Waals surface area contributed by atoms with E-state index in [4.69, 9.17) is 0 Å². The molecule has 1 rings (SSSR count). The van der Waals surface area contributed by atoms with Crippen LogP contribution in [0, 0.1) is 0 Å². The van der Waals surface area contributed by atoms with Crippen molar-refractivity contribution < 1.29 is 22.4 Å². The molecule has 1 aromatic rings. The van der Waals surface area contributed by atoms with Crippen LogP contribution in [0.5, 0.6) is 0 Å². The van der Waals surface area contributed by atoms with Crippen LogP contribution in [-0.4, -0.2) is 0 Å². The number of rotatable bonds is 5. The van der Waals surface area contributed by atoms with Crippen molar-refractivity contribution in [3.8, 4) is 0 Å². The van der Waals surface area contributed by atoms with Gasteiger partial charge in [0.25, 0.3) is 0 Å². The van der Waals surface area contributed by atoms with E-state index in [1.807, 2.05) is 0 Å². The van der Waals surface area contributed by atoms with Crippen molar-refractivity contribution in [1.82, 2.24) is 0 Å². The first kappa shape index (κ1) is 11.9. The van der Waals surface area contributed by atoms with Gasteiger partial charge in [-0.25, -0.2) is 27.7 Å². The molecule has 10 heteroatoms. The molecule has 16 heavy (non-hydrogen) atoms. The van der Waals surface area contributed by atoms with Gasteiger partial charge in [-0.1, -0.05) is 0 Å². The minimum atomic E-state index is -0.854. The van der Waals surface area contributed by atoms with Gasteiger partial charge < -0.3 is 0 Å². The van der Waals surface area contributed by atoms with E-state index >= 15 is 0 Å². The molecule has 0 unspecified atom stereocenters. The van der Waals surface area contributed by atoms with Gasteiger partial charge in [0, 0.05) is 0 Å². The van der Waals surface area contributed by atoms with Crippen molar-refractivity contribution in [1.29, 1.82) is 0 Å². The van der Waals surface area contributed by atoms with E-state index in [1.54, 1.807) is 0 Å². The molecular weight excluding hydrogens is 237 g/mol. The first-order valence-electron chi connectivity index (χ1n) is 3.77. The number of benzene rings is 1. The fraction of sp³-hybridized carbons (Fsp3) is 0. The number of hydrogen-bond acceptors (Lipinski definition) is 5. The second kappa shape index (κ2) is 5.09. The Bertz CT molecular complexity index is 343. The highest BCUT2D eigenvalue weighted by atomic mass is 19.2. The van der Waals surface area contributed by atoms with Crippen LogP contribution < -0.4 is 27.7 Å². The SMILES string of the molecule is FNc1cc(NF)c(NF)c(NF)c1NF. The predicted molar refractivity (Wildman–Crippen MR) is 50.1 cm³/mol. The van der Waals surface area contributed by atoms with Crippen molar-refractivity contribution in [2.24, 2.45) is 0 Å². The molecule has 0 aliphatic rings. The van der Waals surface area contributed by atoms with Gasteiger partial charge in [-0.15, -0.1) is 22.4 Å². The van der Waals surface area contributed by atoms with E-state index in [9.17, 15) is 22.4 Å². The minimum Gasteiger partial charge on any atom is -0.222 e. The molecule has 0 saturated carbocycles. The van der Waals surface area contributed by atoms with E-state index in [2.05, 4.69) is 0 Å². The lowest BCUT2D eigenvalue weighted by Crippen LogP contribution is -2.02. The predicted octanol–water partition coefficient (Wildman–Crippen LogP) is 3.17. The maximum Gasteiger partial charge on any atom is 0.121 e. The summed E-state index contributed by atoms with van der Waals surface area (Å²) in [5, 5.41) is 0. The lowest BCUT2D eigenvalue weighted by Gasteiger charge is -2.15. The Labute approximate surface area is 85.7 Å². The summed E-state index contributed by atoms with van der Waals surface area (Å²) in [5.41, 5.74) is 1.04. The molecule has 0 aromatic heterocycles. The molecule has 0 heterocycles. The van der Waals surface area contributed by atoms with Crippen LogP contribution in [0.2, 0.25) is 0 Å². The third kappa shape index (κ3) is 1.81. The summed E-state index contributed by atoms with van der Waals surface area (Å²) in [6.07, 6.45) is 0. The highest BCUT2D eigenvalue weighted by molar-refractivity contribution is 5.96. The van der Waals surface area contributed by atoms with E-state index in [0.29, 0.717) is 6.07 Å². The molecule has 90 valence electrons. The molecule has 5 N–H and O–H groups in total. The summed E-state index contributed by atoms with van der Waals surface area (Å²) in [4.78, 5) is 0. The van der Waals surface area contributed by atoms with E-state index in [-0.39, 0.29) is 0 Å². The molecular formula is C6H6F5N5. The van der Waals surface area contributed by atoms with Crippen molar-refractivity contribution >= 4 is 28.4 Å². The maximum atomic E-state index is 12.3. The Morgan fingerprint density at radius 3 is 1.19 bits per heavy atom. The Morgan fingerprint density at radius 1 is 0.562 bits per heavy atom. The van der Waals surface area contributed by atoms with Crippen LogP contribution in [0.1, 0.15) is 0 Å². The summed E-state index contributed by atoms with van der Waals surface area (Å²) in [6.45, 7) is 0. The zero-order valence-corrected chi connectivity index (χ0v) is 7.47. The average molecular weight is 243 g/mol. The van der Waals surface area contributed by atoms with Crippen molar-refractivity contribution in [2.75, 3.05) is 27.7 Å². The van der Waals surface area contributed by atoms with Crippen LogP contribution in [0.25, 0.3) is 0 Å². The number of halogens is 5. The standard InChI is InChI=1S/C6H6F5N5/c7-12-2-1-3(13-8)5(15-10)6(16-11)4(2)14-9/h1,12-16H. The second-order valence-corrected chi connectivity index (χ2v) is 2.57. The quantitative estimate of drug-likeness (QED) is 0.406. The number of nitrogens with one attached hydrogen (secondary N) is 5. The van der Waals surface area contributed by atoms with Crippen molar-refractivity contribution in [2.45, 2.75) is 0 Å². The monoisotopic (exact) mass is 243 g/mol. The van der Waals surface area contributed by atoms with Crippen LogP contribution >= 0.6 is 0 Å². The molecule has 0 bridgehead atoms. The van der Waals surface area contributed by atoms with E-state index in [0.717, 1.165) is 27.7 Å². The summed E-state index contributed by atoms with van der Waals surface area (Å²) < 4.78 is 61.1. The zero-order chi connectivity index (χ0) is 12.1. The lowest BCUT2D eigenvalue weighted by molar-refractivity contribution is 0.584. The largest absolute Gasteiger partial charge is 0.222 e. The Hall–Kier alpha value is -2.13. The maximum absolute atomic E-state index is 12.3. The smallest absolute Gasteiger partial charge is 0.121 e. The van der Waals surface area contributed by atoms with Gasteiger partial charge >= 0.3 is 0 Å². The van der Waals surface area contributed by atoms with Gasteiger partial charge in [-0.05, 0) is 6.07 Å². The van der Waals surface area contributed by atoms with Crippen LogP contribution in [0.4, 0.5) is 50.8 Å². The highest BCUT2D eigenvalue weighted by Gasteiger charge is 2.19. The summed E-state index contributed by atoms with van der Waals surface area (Å²) in [6, 6.07) is 0.671. The van der Waals surface area contributed by atoms with Gasteiger partial charge in [0.2, 0.25) is 0 Å². The summed E-state index contributed by atoms with van der Waals surface area (Å²) in [5.74, 6) is 0. The summed E-state index contributed by atoms with van der Waals surface area (Å²) >= 11 is 0. The Balaban J connectivity index is 3.47. The molecule has 5 nitrogen and oxygen atoms in total. The Kier molecular flexibility index (Phi) is 3.80. The van der Waals surface area contributed by atoms with Crippen LogP contribution in [0.15, 0.2) is 6.07 Å². The van der Waals surface area contributed by atoms with Crippen molar-refractivity contribution in [3.05, 3.63) is 6.07 Å². The van der Waals surface area contributed by atoms with Gasteiger partial charge in [0.15, 0.2) is 0 Å². The van der Waals surface area contributed by atoms with Gasteiger partial charge in [0.05, 0.1) is 11.4 Å². The molecule has 0 saturated heterocycles. The highest BCUT2D eigenvalue weighted by Crippen LogP contribution is 2.43. The molecule has 0 aliphatic heterocycles. The molecule has 0 spiro atoms. The normalized spacial score (nSPS) is 9.56. The fourth-order valence-electron chi connectivity index (χ4n) is 1.12. The third-order valence-corrected chi connectivity index (χ3v) is 1.81. The molecule has 0 aliphatic carbocycles. The number of anilines is 5. The van der Waals surface area contributed by atoms with Gasteiger partial charge in [0.1, 0.15) is 17.1 Å². The van der Waals surface area contributed by atoms with E-state index < -0.39 is 28.4 Å². The van der Waals surface area contributed by atoms with E-state index in [1.165, 1.54) is 0 Å². The molecule has 0 amide bonds.